The lowest BCUT2D eigenvalue weighted by molar-refractivity contribution is -0.122. The predicted octanol–water partition coefficient (Wildman–Crippen LogP) is 2.76. The summed E-state index contributed by atoms with van der Waals surface area (Å²) in [7, 11) is 0. The topological polar surface area (TPSA) is 85.0 Å². The molecule has 6 nitrogen and oxygen atoms in total. The summed E-state index contributed by atoms with van der Waals surface area (Å²) in [5.74, 6) is -0.271. The summed E-state index contributed by atoms with van der Waals surface area (Å²) in [6, 6.07) is 12.3. The minimum Gasteiger partial charge on any atom is -0.489 e. The zero-order chi connectivity index (χ0) is 17.5. The Kier molecular flexibility index (Phi) is 5.83. The first-order chi connectivity index (χ1) is 11.5. The molecule has 1 atom stereocenters. The number of carbonyl (C=O) groups is 1. The van der Waals surface area contributed by atoms with Crippen molar-refractivity contribution in [2.24, 2.45) is 11.0 Å². The molecule has 0 aliphatic heterocycles. The van der Waals surface area contributed by atoms with Crippen LogP contribution in [0.25, 0.3) is 0 Å². The van der Waals surface area contributed by atoms with E-state index in [0.717, 1.165) is 16.1 Å². The second kappa shape index (κ2) is 8.05. The SMILES string of the molecule is CC(C(N)=O)N(Cc1ccc(OCc2ccc(F)cc2)cc1)N=O. The Balaban J connectivity index is 1.93. The summed E-state index contributed by atoms with van der Waals surface area (Å²) in [6.45, 7) is 2.01. The van der Waals surface area contributed by atoms with E-state index in [9.17, 15) is 14.1 Å². The Morgan fingerprint density at radius 1 is 1.17 bits per heavy atom. The summed E-state index contributed by atoms with van der Waals surface area (Å²) >= 11 is 0. The van der Waals surface area contributed by atoms with Crippen LogP contribution < -0.4 is 10.5 Å². The molecule has 0 heterocycles. The first kappa shape index (κ1) is 17.4. The molecule has 0 aliphatic carbocycles. The van der Waals surface area contributed by atoms with Gasteiger partial charge in [0, 0.05) is 0 Å². The number of nitrogens with zero attached hydrogens (tertiary/aromatic N) is 2. The summed E-state index contributed by atoms with van der Waals surface area (Å²) in [5, 5.41) is 3.91. The number of hydrogen-bond donors (Lipinski definition) is 1. The number of primary amides is 1. The fraction of sp³-hybridized carbons (Fsp3) is 0.235. The molecule has 7 heteroatoms. The smallest absolute Gasteiger partial charge is 0.241 e. The first-order valence-corrected chi connectivity index (χ1v) is 7.35. The third-order valence-corrected chi connectivity index (χ3v) is 3.55. The minimum atomic E-state index is -0.781. The van der Waals surface area contributed by atoms with E-state index in [1.54, 1.807) is 36.4 Å². The molecule has 2 N–H and O–H groups in total. The number of halogens is 1. The Labute approximate surface area is 139 Å². The van der Waals surface area contributed by atoms with Gasteiger partial charge in [0.25, 0.3) is 0 Å². The lowest BCUT2D eigenvalue weighted by Crippen LogP contribution is -2.38. The fourth-order valence-corrected chi connectivity index (χ4v) is 2.01. The molecule has 0 bridgehead atoms. The van der Waals surface area contributed by atoms with E-state index in [0.29, 0.717) is 12.4 Å². The van der Waals surface area contributed by atoms with E-state index in [4.69, 9.17) is 10.5 Å². The standard InChI is InChI=1S/C17H18FN3O3/c1-12(17(19)22)21(20-23)10-13-4-8-16(9-5-13)24-11-14-2-6-15(18)7-3-14/h2-9,12H,10-11H2,1H3,(H2,19,22). The summed E-state index contributed by atoms with van der Waals surface area (Å²) in [5.41, 5.74) is 6.81. The van der Waals surface area contributed by atoms with Crippen LogP contribution in [0.5, 0.6) is 5.75 Å². The van der Waals surface area contributed by atoms with Crippen molar-refractivity contribution in [2.75, 3.05) is 0 Å². The van der Waals surface area contributed by atoms with Crippen LogP contribution >= 0.6 is 0 Å². The van der Waals surface area contributed by atoms with Crippen molar-refractivity contribution in [1.82, 2.24) is 5.01 Å². The van der Waals surface area contributed by atoms with Crippen LogP contribution in [0.1, 0.15) is 18.1 Å². The zero-order valence-electron chi connectivity index (χ0n) is 13.2. The molecule has 1 unspecified atom stereocenters. The average molecular weight is 331 g/mol. The van der Waals surface area contributed by atoms with Crippen LogP contribution in [-0.2, 0) is 17.9 Å². The van der Waals surface area contributed by atoms with Gasteiger partial charge in [-0.15, -0.1) is 4.91 Å². The van der Waals surface area contributed by atoms with E-state index < -0.39 is 11.9 Å². The largest absolute Gasteiger partial charge is 0.489 e. The second-order valence-electron chi connectivity index (χ2n) is 5.32. The van der Waals surface area contributed by atoms with Gasteiger partial charge in [-0.25, -0.2) is 9.40 Å². The van der Waals surface area contributed by atoms with Crippen molar-refractivity contribution in [3.8, 4) is 5.75 Å². The van der Waals surface area contributed by atoms with Gasteiger partial charge in [-0.3, -0.25) is 4.79 Å². The van der Waals surface area contributed by atoms with Crippen LogP contribution in [-0.4, -0.2) is 17.0 Å². The van der Waals surface area contributed by atoms with Crippen molar-refractivity contribution in [2.45, 2.75) is 26.1 Å². The third-order valence-electron chi connectivity index (χ3n) is 3.55. The molecular weight excluding hydrogens is 313 g/mol. The van der Waals surface area contributed by atoms with Gasteiger partial charge in [-0.2, -0.15) is 0 Å². The number of rotatable bonds is 8. The molecule has 0 saturated carbocycles. The monoisotopic (exact) mass is 331 g/mol. The Morgan fingerprint density at radius 2 is 1.75 bits per heavy atom. The van der Waals surface area contributed by atoms with E-state index in [1.165, 1.54) is 19.1 Å². The maximum Gasteiger partial charge on any atom is 0.241 e. The highest BCUT2D eigenvalue weighted by Gasteiger charge is 2.18. The van der Waals surface area contributed by atoms with Gasteiger partial charge in [0.15, 0.2) is 0 Å². The number of ether oxygens (including phenoxy) is 1. The predicted molar refractivity (Wildman–Crippen MR) is 87.2 cm³/mol. The van der Waals surface area contributed by atoms with Crippen LogP contribution in [0.3, 0.4) is 0 Å². The van der Waals surface area contributed by atoms with E-state index in [1.807, 2.05) is 0 Å². The maximum atomic E-state index is 12.8. The molecule has 2 rings (SSSR count). The lowest BCUT2D eigenvalue weighted by atomic mass is 10.2. The highest BCUT2D eigenvalue weighted by molar-refractivity contribution is 5.79. The average Bonchev–Trinajstić information content (AvgIpc) is 2.59. The van der Waals surface area contributed by atoms with Gasteiger partial charge in [-0.05, 0) is 42.3 Å². The van der Waals surface area contributed by atoms with Gasteiger partial charge in [0.1, 0.15) is 24.2 Å². The van der Waals surface area contributed by atoms with E-state index in [-0.39, 0.29) is 12.4 Å². The number of carbonyl (C=O) groups excluding carboxylic acids is 1. The Bertz CT molecular complexity index is 689. The number of benzene rings is 2. The molecule has 2 aromatic rings. The molecule has 0 saturated heterocycles. The maximum absolute atomic E-state index is 12.8. The van der Waals surface area contributed by atoms with Crippen molar-refractivity contribution >= 4 is 5.91 Å². The normalized spacial score (nSPS) is 11.6. The van der Waals surface area contributed by atoms with Crippen LogP contribution in [0.4, 0.5) is 4.39 Å². The number of hydrogen-bond acceptors (Lipinski definition) is 4. The van der Waals surface area contributed by atoms with Crippen molar-refractivity contribution in [3.63, 3.8) is 0 Å². The molecule has 0 aromatic heterocycles. The lowest BCUT2D eigenvalue weighted by Gasteiger charge is -2.20. The van der Waals surface area contributed by atoms with Gasteiger partial charge >= 0.3 is 0 Å². The van der Waals surface area contributed by atoms with Crippen molar-refractivity contribution < 1.29 is 13.9 Å². The minimum absolute atomic E-state index is 0.172. The van der Waals surface area contributed by atoms with Crippen molar-refractivity contribution in [3.05, 3.63) is 70.4 Å². The molecular formula is C17H18FN3O3. The molecule has 2 aromatic carbocycles. The van der Waals surface area contributed by atoms with E-state index in [2.05, 4.69) is 5.29 Å². The second-order valence-corrected chi connectivity index (χ2v) is 5.32. The molecule has 0 fully saturated rings. The number of nitroso groups, excluding NO2 is 1. The molecule has 0 radical (unpaired) electrons. The summed E-state index contributed by atoms with van der Waals surface area (Å²) in [4.78, 5) is 21.9. The molecule has 0 spiro atoms. The highest BCUT2D eigenvalue weighted by atomic mass is 19.1. The molecule has 24 heavy (non-hydrogen) atoms. The van der Waals surface area contributed by atoms with Crippen LogP contribution in [0.2, 0.25) is 0 Å². The zero-order valence-corrected chi connectivity index (χ0v) is 13.2. The number of amides is 1. The quantitative estimate of drug-likeness (QED) is 0.595. The van der Waals surface area contributed by atoms with Gasteiger partial charge in [-0.1, -0.05) is 24.3 Å². The first-order valence-electron chi connectivity index (χ1n) is 7.35. The molecule has 1 amide bonds. The third kappa shape index (κ3) is 4.77. The van der Waals surface area contributed by atoms with Crippen LogP contribution in [0.15, 0.2) is 53.8 Å². The van der Waals surface area contributed by atoms with Gasteiger partial charge < -0.3 is 10.5 Å². The Hall–Kier alpha value is -2.96. The summed E-state index contributed by atoms with van der Waals surface area (Å²) < 4.78 is 18.4. The van der Waals surface area contributed by atoms with E-state index >= 15 is 0 Å². The van der Waals surface area contributed by atoms with Crippen LogP contribution in [0, 0.1) is 10.7 Å². The van der Waals surface area contributed by atoms with Gasteiger partial charge in [0.05, 0.1) is 11.8 Å². The van der Waals surface area contributed by atoms with Crippen molar-refractivity contribution in [1.29, 1.82) is 0 Å². The highest BCUT2D eigenvalue weighted by Crippen LogP contribution is 2.16. The molecule has 0 aliphatic rings. The fourth-order valence-electron chi connectivity index (χ4n) is 2.01. The Morgan fingerprint density at radius 3 is 2.29 bits per heavy atom. The van der Waals surface area contributed by atoms with Gasteiger partial charge in [0.2, 0.25) is 5.91 Å². The molecule has 126 valence electrons. The number of nitrogens with two attached hydrogens (primary N) is 1. The summed E-state index contributed by atoms with van der Waals surface area (Å²) in [6.07, 6.45) is 0.